The van der Waals surface area contributed by atoms with E-state index in [1.807, 2.05) is 0 Å². The molecule has 0 saturated heterocycles. The molecule has 0 saturated carbocycles. The first-order chi connectivity index (χ1) is 3.68. The second-order valence-electron chi connectivity index (χ2n) is 1.07. The Bertz CT molecular complexity index is 121. The smallest absolute Gasteiger partial charge is 0.263 e. The average molecular weight is 136 g/mol. The topological polar surface area (TPSA) is 52.3 Å². The van der Waals surface area contributed by atoms with Crippen molar-refractivity contribution in [1.82, 2.24) is 0 Å². The number of rotatable bonds is 2. The van der Waals surface area contributed by atoms with Crippen molar-refractivity contribution >= 4 is 17.5 Å². The summed E-state index contributed by atoms with van der Waals surface area (Å²) >= 11 is 5.18. The van der Waals surface area contributed by atoms with E-state index in [4.69, 9.17) is 17.3 Å². The zero-order chi connectivity index (χ0) is 6.57. The van der Waals surface area contributed by atoms with E-state index in [0.717, 1.165) is 6.26 Å². The minimum atomic E-state index is -0.687. The van der Waals surface area contributed by atoms with Crippen LogP contribution in [-0.2, 0) is 9.53 Å². The van der Waals surface area contributed by atoms with E-state index < -0.39 is 5.91 Å². The Hall–Kier alpha value is -0.700. The van der Waals surface area contributed by atoms with Gasteiger partial charge in [0.05, 0.1) is 7.11 Å². The molecule has 0 aliphatic carbocycles. The molecule has 4 heteroatoms. The van der Waals surface area contributed by atoms with E-state index in [-0.39, 0.29) is 5.03 Å². The van der Waals surface area contributed by atoms with Gasteiger partial charge < -0.3 is 10.5 Å². The highest BCUT2D eigenvalue weighted by molar-refractivity contribution is 6.41. The van der Waals surface area contributed by atoms with Gasteiger partial charge in [-0.2, -0.15) is 0 Å². The zero-order valence-electron chi connectivity index (χ0n) is 4.35. The van der Waals surface area contributed by atoms with Crippen LogP contribution < -0.4 is 5.73 Å². The van der Waals surface area contributed by atoms with Crippen LogP contribution in [0.25, 0.3) is 0 Å². The number of hydrogen-bond donors (Lipinski definition) is 1. The largest absolute Gasteiger partial charge is 0.503 e. The van der Waals surface area contributed by atoms with Gasteiger partial charge in [-0.05, 0) is 0 Å². The molecule has 1 amide bonds. The van der Waals surface area contributed by atoms with Crippen molar-refractivity contribution in [3.63, 3.8) is 0 Å². The maximum absolute atomic E-state index is 10.0. The van der Waals surface area contributed by atoms with Gasteiger partial charge in [0.1, 0.15) is 11.3 Å². The Morgan fingerprint density at radius 1 is 1.88 bits per heavy atom. The van der Waals surface area contributed by atoms with Gasteiger partial charge in [-0.1, -0.05) is 11.6 Å². The molecule has 8 heavy (non-hydrogen) atoms. The zero-order valence-corrected chi connectivity index (χ0v) is 5.11. The summed E-state index contributed by atoms with van der Waals surface area (Å²) in [5, 5.41) is -0.104. The minimum absolute atomic E-state index is 0.104. The number of carbonyl (C=O) groups excluding carboxylic acids is 1. The lowest BCUT2D eigenvalue weighted by Gasteiger charge is -1.88. The molecule has 0 atom stereocenters. The molecule has 0 heterocycles. The van der Waals surface area contributed by atoms with Gasteiger partial charge in [0.2, 0.25) is 0 Å². The number of hydrogen-bond acceptors (Lipinski definition) is 2. The lowest BCUT2D eigenvalue weighted by Crippen LogP contribution is -2.10. The Morgan fingerprint density at radius 3 is 2.50 bits per heavy atom. The van der Waals surface area contributed by atoms with Crippen molar-refractivity contribution in [3.8, 4) is 0 Å². The minimum Gasteiger partial charge on any atom is -0.503 e. The quantitative estimate of drug-likeness (QED) is 0.434. The maximum atomic E-state index is 10.0. The Kier molecular flexibility index (Phi) is 3.03. The summed E-state index contributed by atoms with van der Waals surface area (Å²) in [5.41, 5.74) is 4.70. The molecule has 0 aromatic heterocycles. The van der Waals surface area contributed by atoms with Gasteiger partial charge in [0, 0.05) is 0 Å². The number of primary amides is 1. The van der Waals surface area contributed by atoms with E-state index in [1.165, 1.54) is 7.11 Å². The van der Waals surface area contributed by atoms with Gasteiger partial charge in [0.15, 0.2) is 0 Å². The van der Waals surface area contributed by atoms with Gasteiger partial charge in [-0.3, -0.25) is 4.79 Å². The summed E-state index contributed by atoms with van der Waals surface area (Å²) in [6.45, 7) is 0. The standard InChI is InChI=1S/C4H6ClNO2/c1-8-2-3(5)4(6)7/h2H,1H3,(H2,6,7)/b3-2+. The highest BCUT2D eigenvalue weighted by Crippen LogP contribution is 1.97. The lowest BCUT2D eigenvalue weighted by molar-refractivity contribution is -0.114. The summed E-state index contributed by atoms with van der Waals surface area (Å²) < 4.78 is 4.37. The Morgan fingerprint density at radius 2 is 2.38 bits per heavy atom. The van der Waals surface area contributed by atoms with Crippen molar-refractivity contribution in [3.05, 3.63) is 11.3 Å². The van der Waals surface area contributed by atoms with E-state index in [9.17, 15) is 4.79 Å². The summed E-state index contributed by atoms with van der Waals surface area (Å²) in [4.78, 5) is 10.0. The monoisotopic (exact) mass is 135 g/mol. The summed E-state index contributed by atoms with van der Waals surface area (Å²) in [5.74, 6) is -0.687. The molecule has 0 aromatic carbocycles. The number of halogens is 1. The van der Waals surface area contributed by atoms with Crippen molar-refractivity contribution < 1.29 is 9.53 Å². The molecule has 0 spiro atoms. The molecule has 0 unspecified atom stereocenters. The molecular weight excluding hydrogens is 130 g/mol. The van der Waals surface area contributed by atoms with Crippen LogP contribution in [0.3, 0.4) is 0 Å². The third kappa shape index (κ3) is 2.47. The summed E-state index contributed by atoms with van der Waals surface area (Å²) in [7, 11) is 1.38. The number of carbonyl (C=O) groups is 1. The molecule has 0 fully saturated rings. The predicted molar refractivity (Wildman–Crippen MR) is 30.1 cm³/mol. The molecule has 0 aliphatic rings. The van der Waals surface area contributed by atoms with Gasteiger partial charge >= 0.3 is 0 Å². The van der Waals surface area contributed by atoms with Crippen LogP contribution in [0.4, 0.5) is 0 Å². The third-order valence-electron chi connectivity index (χ3n) is 0.457. The van der Waals surface area contributed by atoms with E-state index >= 15 is 0 Å². The fourth-order valence-corrected chi connectivity index (χ4v) is 0.251. The van der Waals surface area contributed by atoms with Gasteiger partial charge in [-0.25, -0.2) is 0 Å². The second-order valence-corrected chi connectivity index (χ2v) is 1.47. The van der Waals surface area contributed by atoms with Crippen LogP contribution in [0.15, 0.2) is 11.3 Å². The average Bonchev–Trinajstić information content (AvgIpc) is 1.67. The van der Waals surface area contributed by atoms with Crippen LogP contribution in [0, 0.1) is 0 Å². The summed E-state index contributed by atoms with van der Waals surface area (Å²) in [6, 6.07) is 0. The Balaban J connectivity index is 3.80. The van der Waals surface area contributed by atoms with E-state index in [0.29, 0.717) is 0 Å². The molecule has 0 bridgehead atoms. The van der Waals surface area contributed by atoms with Crippen LogP contribution in [0.5, 0.6) is 0 Å². The molecule has 46 valence electrons. The second kappa shape index (κ2) is 3.32. The maximum Gasteiger partial charge on any atom is 0.263 e. The number of ether oxygens (including phenoxy) is 1. The van der Waals surface area contributed by atoms with Gasteiger partial charge in [-0.15, -0.1) is 0 Å². The fraction of sp³-hybridized carbons (Fsp3) is 0.250. The van der Waals surface area contributed by atoms with Gasteiger partial charge in [0.25, 0.3) is 5.91 Å². The molecule has 0 radical (unpaired) electrons. The number of methoxy groups -OCH3 is 1. The SMILES string of the molecule is CO/C=C(/Cl)C(N)=O. The molecular formula is C4H6ClNO2. The van der Waals surface area contributed by atoms with Crippen LogP contribution in [-0.4, -0.2) is 13.0 Å². The fourth-order valence-electron chi connectivity index (χ4n) is 0.162. The predicted octanol–water partition coefficient (Wildman–Crippen LogP) is 0.198. The molecule has 0 rings (SSSR count). The van der Waals surface area contributed by atoms with Crippen molar-refractivity contribution in [2.45, 2.75) is 0 Å². The van der Waals surface area contributed by atoms with Crippen LogP contribution in [0.1, 0.15) is 0 Å². The summed E-state index contributed by atoms with van der Waals surface area (Å²) in [6.07, 6.45) is 1.07. The lowest BCUT2D eigenvalue weighted by atomic mass is 10.6. The van der Waals surface area contributed by atoms with Crippen molar-refractivity contribution in [2.75, 3.05) is 7.11 Å². The van der Waals surface area contributed by atoms with Crippen LogP contribution >= 0.6 is 11.6 Å². The first-order valence-corrected chi connectivity index (χ1v) is 2.24. The third-order valence-corrected chi connectivity index (χ3v) is 0.732. The normalized spacial score (nSPS) is 11.0. The van der Waals surface area contributed by atoms with Crippen molar-refractivity contribution in [1.29, 1.82) is 0 Å². The number of nitrogens with two attached hydrogens (primary N) is 1. The van der Waals surface area contributed by atoms with Crippen LogP contribution in [0.2, 0.25) is 0 Å². The molecule has 0 aromatic rings. The Labute approximate surface area is 52.1 Å². The molecule has 0 aliphatic heterocycles. The van der Waals surface area contributed by atoms with Crippen molar-refractivity contribution in [2.24, 2.45) is 5.73 Å². The first-order valence-electron chi connectivity index (χ1n) is 1.86. The highest BCUT2D eigenvalue weighted by atomic mass is 35.5. The highest BCUT2D eigenvalue weighted by Gasteiger charge is 1.96. The van der Waals surface area contributed by atoms with E-state index in [1.54, 1.807) is 0 Å². The first kappa shape index (κ1) is 7.30. The molecule has 2 N–H and O–H groups in total. The molecule has 3 nitrogen and oxygen atoms in total. The number of amides is 1. The van der Waals surface area contributed by atoms with E-state index in [2.05, 4.69) is 4.74 Å².